The molecule has 1 aliphatic rings. The molecule has 1 aliphatic heterocycles. The molecule has 0 aromatic heterocycles. The highest BCUT2D eigenvalue weighted by Gasteiger charge is 2.29. The fourth-order valence-electron chi connectivity index (χ4n) is 3.07. The lowest BCUT2D eigenvalue weighted by molar-refractivity contribution is -0.165. The van der Waals surface area contributed by atoms with Crippen molar-refractivity contribution in [2.75, 3.05) is 26.2 Å². The molecule has 2 rings (SSSR count). The second-order valence-electron chi connectivity index (χ2n) is 7.64. The number of hydrogen-bond donors (Lipinski definition) is 5. The zero-order valence-corrected chi connectivity index (χ0v) is 17.5. The molecule has 5 N–H and O–H groups in total. The van der Waals surface area contributed by atoms with E-state index in [-0.39, 0.29) is 0 Å². The molecular formula is C20H31ClN2O6. The van der Waals surface area contributed by atoms with E-state index in [0.717, 1.165) is 17.5 Å². The standard InChI is InChI=1S/C16H25ClN2.C4H6O6/c1-13(2)10-19(12-15-7-8-18-9-15)11-14-3-5-16(17)6-4-14;5-1(3(7)8)2(6)4(9)10/h3-6,13,15,18H,7-12H2,1-2H3;1-2,5-6H,(H,7,8)(H,9,10)/t15-;/m0./s1. The van der Waals surface area contributed by atoms with E-state index in [0.29, 0.717) is 5.92 Å². The van der Waals surface area contributed by atoms with Crippen LogP contribution < -0.4 is 5.32 Å². The van der Waals surface area contributed by atoms with Gasteiger partial charge in [0.1, 0.15) is 0 Å². The van der Waals surface area contributed by atoms with Crippen molar-refractivity contribution < 1.29 is 30.0 Å². The molecule has 0 spiro atoms. The second-order valence-corrected chi connectivity index (χ2v) is 8.08. The van der Waals surface area contributed by atoms with Gasteiger partial charge in [-0.25, -0.2) is 9.59 Å². The highest BCUT2D eigenvalue weighted by Crippen LogP contribution is 2.16. The number of carboxylic acid groups (broad SMARTS) is 2. The van der Waals surface area contributed by atoms with Crippen LogP contribution >= 0.6 is 11.6 Å². The Morgan fingerprint density at radius 1 is 1.14 bits per heavy atom. The third-order valence-electron chi connectivity index (χ3n) is 4.43. The number of carbonyl (C=O) groups is 2. The van der Waals surface area contributed by atoms with Gasteiger partial charge in [0.15, 0.2) is 12.2 Å². The van der Waals surface area contributed by atoms with Crippen LogP contribution in [0.5, 0.6) is 0 Å². The van der Waals surface area contributed by atoms with Gasteiger partial charge in [-0.2, -0.15) is 0 Å². The number of nitrogens with zero attached hydrogens (tertiary/aromatic N) is 1. The van der Waals surface area contributed by atoms with Crippen LogP contribution in [0.3, 0.4) is 0 Å². The highest BCUT2D eigenvalue weighted by atomic mass is 35.5. The monoisotopic (exact) mass is 430 g/mol. The number of aliphatic hydroxyl groups excluding tert-OH is 2. The van der Waals surface area contributed by atoms with Crippen molar-refractivity contribution >= 4 is 23.5 Å². The van der Waals surface area contributed by atoms with Crippen molar-refractivity contribution in [3.63, 3.8) is 0 Å². The van der Waals surface area contributed by atoms with Gasteiger partial charge in [0, 0.05) is 24.7 Å². The zero-order valence-electron chi connectivity index (χ0n) is 16.8. The molecule has 8 nitrogen and oxygen atoms in total. The van der Waals surface area contributed by atoms with E-state index in [1.165, 1.54) is 38.2 Å². The lowest BCUT2D eigenvalue weighted by Crippen LogP contribution is -2.39. The summed E-state index contributed by atoms with van der Waals surface area (Å²) in [6.45, 7) is 10.3. The molecule has 0 saturated carbocycles. The van der Waals surface area contributed by atoms with Gasteiger partial charge in [-0.3, -0.25) is 4.90 Å². The predicted octanol–water partition coefficient (Wildman–Crippen LogP) is 1.28. The minimum atomic E-state index is -2.27. The number of carboxylic acids is 2. The average molecular weight is 431 g/mol. The molecule has 1 aromatic carbocycles. The number of aliphatic carboxylic acids is 2. The molecule has 0 radical (unpaired) electrons. The van der Waals surface area contributed by atoms with E-state index in [1.54, 1.807) is 0 Å². The molecule has 29 heavy (non-hydrogen) atoms. The third-order valence-corrected chi connectivity index (χ3v) is 4.68. The minimum absolute atomic E-state index is 0.710. The summed E-state index contributed by atoms with van der Waals surface area (Å²) in [6.07, 6.45) is -3.22. The Kier molecular flexibility index (Phi) is 11.2. The van der Waals surface area contributed by atoms with Gasteiger partial charge in [-0.1, -0.05) is 37.6 Å². The maximum absolute atomic E-state index is 9.77. The van der Waals surface area contributed by atoms with E-state index in [9.17, 15) is 9.59 Å². The van der Waals surface area contributed by atoms with Crippen LogP contribution in [0.2, 0.25) is 5.02 Å². The SMILES string of the molecule is CC(C)CN(Cc1ccc(Cl)cc1)C[C@H]1CCNC1.O=C(O)C(O)C(O)C(=O)O. The molecular weight excluding hydrogens is 400 g/mol. The fraction of sp³-hybridized carbons (Fsp3) is 0.600. The molecule has 0 aliphatic carbocycles. The van der Waals surface area contributed by atoms with Gasteiger partial charge in [-0.15, -0.1) is 0 Å². The van der Waals surface area contributed by atoms with E-state index in [4.69, 9.17) is 32.0 Å². The van der Waals surface area contributed by atoms with E-state index in [2.05, 4.69) is 36.2 Å². The van der Waals surface area contributed by atoms with Gasteiger partial charge < -0.3 is 25.7 Å². The van der Waals surface area contributed by atoms with Gasteiger partial charge in [0.05, 0.1) is 0 Å². The fourth-order valence-corrected chi connectivity index (χ4v) is 3.20. The Bertz CT molecular complexity index is 616. The van der Waals surface area contributed by atoms with Crippen LogP contribution in [0, 0.1) is 11.8 Å². The first-order valence-electron chi connectivity index (χ1n) is 9.59. The second kappa shape index (κ2) is 12.8. The maximum Gasteiger partial charge on any atom is 0.335 e. The van der Waals surface area contributed by atoms with Crippen molar-refractivity contribution in [3.05, 3.63) is 34.9 Å². The maximum atomic E-state index is 9.77. The summed E-state index contributed by atoms with van der Waals surface area (Å²) in [7, 11) is 0. The largest absolute Gasteiger partial charge is 0.479 e. The molecule has 3 atom stereocenters. The first-order valence-corrected chi connectivity index (χ1v) is 9.97. The van der Waals surface area contributed by atoms with Gasteiger partial charge in [0.25, 0.3) is 0 Å². The summed E-state index contributed by atoms with van der Waals surface area (Å²) in [5.41, 5.74) is 1.36. The van der Waals surface area contributed by atoms with Crippen LogP contribution in [0.4, 0.5) is 0 Å². The molecule has 2 unspecified atom stereocenters. The van der Waals surface area contributed by atoms with Crippen molar-refractivity contribution in [1.29, 1.82) is 0 Å². The Morgan fingerprint density at radius 2 is 1.69 bits per heavy atom. The smallest absolute Gasteiger partial charge is 0.335 e. The first kappa shape index (κ1) is 25.3. The highest BCUT2D eigenvalue weighted by molar-refractivity contribution is 6.30. The Labute approximate surface area is 176 Å². The van der Waals surface area contributed by atoms with Gasteiger partial charge in [0.2, 0.25) is 0 Å². The van der Waals surface area contributed by atoms with E-state index >= 15 is 0 Å². The van der Waals surface area contributed by atoms with Gasteiger partial charge >= 0.3 is 11.9 Å². The van der Waals surface area contributed by atoms with Crippen LogP contribution in [0.1, 0.15) is 25.8 Å². The summed E-state index contributed by atoms with van der Waals surface area (Å²) < 4.78 is 0. The van der Waals surface area contributed by atoms with Crippen molar-refractivity contribution in [1.82, 2.24) is 10.2 Å². The van der Waals surface area contributed by atoms with E-state index in [1.807, 2.05) is 12.1 Å². The Balaban J connectivity index is 0.000000359. The number of aliphatic hydroxyl groups is 2. The molecule has 1 aromatic rings. The van der Waals surface area contributed by atoms with E-state index < -0.39 is 24.1 Å². The van der Waals surface area contributed by atoms with Crippen LogP contribution in [0.25, 0.3) is 0 Å². The lowest BCUT2D eigenvalue weighted by Gasteiger charge is -2.27. The van der Waals surface area contributed by atoms with Gasteiger partial charge in [-0.05, 0) is 49.0 Å². The Hall–Kier alpha value is -1.71. The van der Waals surface area contributed by atoms with Crippen LogP contribution in [-0.2, 0) is 16.1 Å². The van der Waals surface area contributed by atoms with Crippen molar-refractivity contribution in [3.8, 4) is 0 Å². The molecule has 0 bridgehead atoms. The van der Waals surface area contributed by atoms with Crippen molar-refractivity contribution in [2.45, 2.75) is 39.0 Å². The quantitative estimate of drug-likeness (QED) is 0.396. The summed E-state index contributed by atoms with van der Waals surface area (Å²) >= 11 is 5.95. The zero-order chi connectivity index (χ0) is 22.0. The number of nitrogens with one attached hydrogen (secondary N) is 1. The van der Waals surface area contributed by atoms with Crippen molar-refractivity contribution in [2.24, 2.45) is 11.8 Å². The summed E-state index contributed by atoms with van der Waals surface area (Å²) in [5, 5.41) is 36.8. The molecule has 164 valence electrons. The predicted molar refractivity (Wildman–Crippen MR) is 110 cm³/mol. The van der Waals surface area contributed by atoms with Crippen LogP contribution in [0.15, 0.2) is 24.3 Å². The average Bonchev–Trinajstić information content (AvgIpc) is 3.15. The molecule has 1 fully saturated rings. The third kappa shape index (κ3) is 10.0. The number of rotatable bonds is 9. The molecule has 1 saturated heterocycles. The number of hydrogen-bond acceptors (Lipinski definition) is 6. The normalized spacial score (nSPS) is 18.2. The summed E-state index contributed by atoms with van der Waals surface area (Å²) in [4.78, 5) is 22.1. The summed E-state index contributed by atoms with van der Waals surface area (Å²) in [5.74, 6) is -2.02. The number of halogens is 1. The van der Waals surface area contributed by atoms with Crippen LogP contribution in [-0.4, -0.2) is 75.7 Å². The molecule has 9 heteroatoms. The molecule has 1 heterocycles. The Morgan fingerprint density at radius 3 is 2.10 bits per heavy atom. The lowest BCUT2D eigenvalue weighted by atomic mass is 10.1. The summed E-state index contributed by atoms with van der Waals surface area (Å²) in [6, 6.07) is 8.26. The molecule has 0 amide bonds. The topological polar surface area (TPSA) is 130 Å². The first-order chi connectivity index (χ1) is 13.6. The minimum Gasteiger partial charge on any atom is -0.479 e. The number of benzene rings is 1.